The van der Waals surface area contributed by atoms with Crippen molar-refractivity contribution < 1.29 is 14.3 Å². The van der Waals surface area contributed by atoms with Crippen LogP contribution in [0.1, 0.15) is 34.8 Å². The van der Waals surface area contributed by atoms with Crippen molar-refractivity contribution in [1.82, 2.24) is 25.0 Å². The minimum Gasteiger partial charge on any atom is -0.493 e. The molecule has 0 bridgehead atoms. The Hall–Kier alpha value is -3.92. The average Bonchev–Trinajstić information content (AvgIpc) is 3.56. The van der Waals surface area contributed by atoms with Crippen molar-refractivity contribution in [3.05, 3.63) is 66.1 Å². The lowest BCUT2D eigenvalue weighted by atomic mass is 9.76. The van der Waals surface area contributed by atoms with Gasteiger partial charge < -0.3 is 25.2 Å². The molecule has 10 nitrogen and oxygen atoms in total. The van der Waals surface area contributed by atoms with Gasteiger partial charge in [0, 0.05) is 56.3 Å². The number of rotatable bonds is 6. The molecule has 2 amide bonds. The number of fused-ring (bicyclic) bond motifs is 1. The normalized spacial score (nSPS) is 20.8. The first-order valence-corrected chi connectivity index (χ1v) is 13.1. The van der Waals surface area contributed by atoms with Gasteiger partial charge in [0.15, 0.2) is 0 Å². The fourth-order valence-electron chi connectivity index (χ4n) is 5.67. The number of ether oxygens (including phenoxy) is 1. The topological polar surface area (TPSA) is 105 Å². The van der Waals surface area contributed by atoms with Gasteiger partial charge in [-0.15, -0.1) is 0 Å². The molecule has 198 valence electrons. The van der Waals surface area contributed by atoms with E-state index in [2.05, 4.69) is 37.6 Å². The van der Waals surface area contributed by atoms with Gasteiger partial charge in [-0.3, -0.25) is 14.3 Å². The van der Waals surface area contributed by atoms with Gasteiger partial charge in [-0.2, -0.15) is 5.10 Å². The molecule has 3 aliphatic rings. The van der Waals surface area contributed by atoms with Gasteiger partial charge in [0.05, 0.1) is 18.5 Å². The number of aromatic nitrogens is 3. The van der Waals surface area contributed by atoms with Crippen LogP contribution < -0.4 is 20.3 Å². The molecule has 6 rings (SSSR count). The molecule has 1 aliphatic carbocycles. The van der Waals surface area contributed by atoms with E-state index in [1.807, 2.05) is 36.4 Å². The quantitative estimate of drug-likeness (QED) is 0.519. The summed E-state index contributed by atoms with van der Waals surface area (Å²) in [5.41, 5.74) is 1.76. The van der Waals surface area contributed by atoms with Crippen LogP contribution in [0.25, 0.3) is 0 Å². The zero-order valence-electron chi connectivity index (χ0n) is 21.8. The second kappa shape index (κ2) is 9.75. The highest BCUT2D eigenvalue weighted by Gasteiger charge is 2.57. The third kappa shape index (κ3) is 4.60. The summed E-state index contributed by atoms with van der Waals surface area (Å²) in [6.07, 6.45) is 5.15. The maximum atomic E-state index is 13.9. The first kappa shape index (κ1) is 24.4. The van der Waals surface area contributed by atoms with E-state index in [9.17, 15) is 9.59 Å². The maximum absolute atomic E-state index is 13.9. The van der Waals surface area contributed by atoms with Crippen LogP contribution in [0.3, 0.4) is 0 Å². The molecule has 2 atom stereocenters. The number of carbonyl (C=O) groups is 2. The molecule has 10 heteroatoms. The largest absolute Gasteiger partial charge is 0.493 e. The minimum absolute atomic E-state index is 0.181. The zero-order chi connectivity index (χ0) is 26.3. The first-order chi connectivity index (χ1) is 18.4. The van der Waals surface area contributed by atoms with Crippen LogP contribution in [-0.2, 0) is 11.8 Å². The van der Waals surface area contributed by atoms with Gasteiger partial charge in [-0.1, -0.05) is 18.2 Å². The second-order valence-electron chi connectivity index (χ2n) is 10.6. The molecule has 2 aliphatic heterocycles. The summed E-state index contributed by atoms with van der Waals surface area (Å²) in [6.45, 7) is 4.35. The Morgan fingerprint density at radius 2 is 1.84 bits per heavy atom. The number of carbonyl (C=O) groups excluding carboxylic acids is 2. The molecule has 3 aromatic rings. The molecule has 2 N–H and O–H groups in total. The smallest absolute Gasteiger partial charge is 0.270 e. The molecule has 0 radical (unpaired) electrons. The molecule has 2 aromatic heterocycles. The number of benzene rings is 1. The number of nitrogens with zero attached hydrogens (tertiary/aromatic N) is 5. The molecule has 1 unspecified atom stereocenters. The summed E-state index contributed by atoms with van der Waals surface area (Å²) in [7, 11) is 3.83. The SMILES string of the molecule is CN1CCN(c2ccc(NC(=O)[C@@H](NC(=O)c3ccnn3C)C3c4ccccc4OCC34CC4)cn2)CC1. The number of para-hydroxylation sites is 1. The lowest BCUT2D eigenvalue weighted by Crippen LogP contribution is -2.52. The molecule has 38 heavy (non-hydrogen) atoms. The fraction of sp³-hybridized carbons (Fsp3) is 0.429. The summed E-state index contributed by atoms with van der Waals surface area (Å²) in [6, 6.07) is 12.5. The van der Waals surface area contributed by atoms with Crippen molar-refractivity contribution in [2.75, 3.05) is 50.1 Å². The number of hydrogen-bond donors (Lipinski definition) is 2. The third-order valence-corrected chi connectivity index (χ3v) is 8.12. The number of hydrogen-bond acceptors (Lipinski definition) is 7. The number of anilines is 2. The monoisotopic (exact) mass is 515 g/mol. The number of aryl methyl sites for hydroxylation is 1. The van der Waals surface area contributed by atoms with Crippen molar-refractivity contribution in [3.8, 4) is 5.75 Å². The van der Waals surface area contributed by atoms with Gasteiger partial charge in [0.2, 0.25) is 5.91 Å². The summed E-state index contributed by atoms with van der Waals surface area (Å²) in [4.78, 5) is 36.4. The Bertz CT molecular complexity index is 1330. The first-order valence-electron chi connectivity index (χ1n) is 13.1. The molecule has 2 fully saturated rings. The molecule has 1 spiro atoms. The average molecular weight is 516 g/mol. The highest BCUT2D eigenvalue weighted by molar-refractivity contribution is 6.01. The third-order valence-electron chi connectivity index (χ3n) is 8.12. The number of nitrogens with one attached hydrogen (secondary N) is 2. The molecule has 4 heterocycles. The molecule has 1 saturated carbocycles. The Labute approximate surface area is 222 Å². The highest BCUT2D eigenvalue weighted by Crippen LogP contribution is 2.61. The lowest BCUT2D eigenvalue weighted by Gasteiger charge is -2.38. The van der Waals surface area contributed by atoms with Crippen molar-refractivity contribution in [1.29, 1.82) is 0 Å². The maximum Gasteiger partial charge on any atom is 0.270 e. The summed E-state index contributed by atoms with van der Waals surface area (Å²) in [5.74, 6) is 0.826. The van der Waals surface area contributed by atoms with Crippen LogP contribution >= 0.6 is 0 Å². The van der Waals surface area contributed by atoms with Gasteiger partial charge in [0.25, 0.3) is 5.91 Å². The number of likely N-dealkylation sites (N-methyl/N-ethyl adjacent to an activating group) is 1. The van der Waals surface area contributed by atoms with E-state index >= 15 is 0 Å². The number of amides is 2. The van der Waals surface area contributed by atoms with Gasteiger partial charge in [-0.25, -0.2) is 4.98 Å². The van der Waals surface area contributed by atoms with E-state index in [1.54, 1.807) is 25.5 Å². The minimum atomic E-state index is -0.803. The van der Waals surface area contributed by atoms with E-state index in [0.29, 0.717) is 18.0 Å². The van der Waals surface area contributed by atoms with Gasteiger partial charge in [0.1, 0.15) is 23.3 Å². The lowest BCUT2D eigenvalue weighted by molar-refractivity contribution is -0.119. The van der Waals surface area contributed by atoms with Crippen LogP contribution in [0.5, 0.6) is 5.75 Å². The van der Waals surface area contributed by atoms with Crippen molar-refractivity contribution >= 4 is 23.3 Å². The van der Waals surface area contributed by atoms with Crippen LogP contribution in [0.4, 0.5) is 11.5 Å². The highest BCUT2D eigenvalue weighted by atomic mass is 16.5. The number of piperazine rings is 1. The van der Waals surface area contributed by atoms with E-state index in [0.717, 1.165) is 56.2 Å². The Morgan fingerprint density at radius 1 is 1.05 bits per heavy atom. The molecular weight excluding hydrogens is 482 g/mol. The standard InChI is InChI=1S/C28H33N7O3/c1-33-13-15-35(16-14-33)23-8-7-19(17-29-23)31-27(37)25(32-26(36)21-9-12-30-34(21)2)24-20-5-3-4-6-22(20)38-18-28(24)10-11-28/h3-9,12,17,24-25H,10-11,13-16,18H2,1-2H3,(H,31,37)(H,32,36)/t24?,25-/m0/s1. The van der Waals surface area contributed by atoms with E-state index < -0.39 is 6.04 Å². The van der Waals surface area contributed by atoms with Gasteiger partial charge in [-0.05, 0) is 44.2 Å². The predicted octanol–water partition coefficient (Wildman–Crippen LogP) is 2.26. The van der Waals surface area contributed by atoms with E-state index in [-0.39, 0.29) is 23.1 Å². The second-order valence-corrected chi connectivity index (χ2v) is 10.6. The number of pyridine rings is 1. The summed E-state index contributed by atoms with van der Waals surface area (Å²) in [5, 5.41) is 10.2. The zero-order valence-corrected chi connectivity index (χ0v) is 21.8. The Balaban J connectivity index is 1.27. The van der Waals surface area contributed by atoms with Crippen LogP contribution in [0.15, 0.2) is 54.9 Å². The molecular formula is C28H33N7O3. The Kier molecular flexibility index (Phi) is 6.27. The van der Waals surface area contributed by atoms with Crippen LogP contribution in [0.2, 0.25) is 0 Å². The summed E-state index contributed by atoms with van der Waals surface area (Å²) < 4.78 is 7.59. The predicted molar refractivity (Wildman–Crippen MR) is 143 cm³/mol. The van der Waals surface area contributed by atoms with Crippen LogP contribution in [-0.4, -0.2) is 77.4 Å². The van der Waals surface area contributed by atoms with Crippen molar-refractivity contribution in [3.63, 3.8) is 0 Å². The fourth-order valence-corrected chi connectivity index (χ4v) is 5.67. The van der Waals surface area contributed by atoms with Crippen molar-refractivity contribution in [2.24, 2.45) is 12.5 Å². The molecule has 1 saturated heterocycles. The molecule has 1 aromatic carbocycles. The van der Waals surface area contributed by atoms with E-state index in [4.69, 9.17) is 4.74 Å². The van der Waals surface area contributed by atoms with Gasteiger partial charge >= 0.3 is 0 Å². The van der Waals surface area contributed by atoms with Crippen LogP contribution in [0, 0.1) is 5.41 Å². The van der Waals surface area contributed by atoms with Crippen molar-refractivity contribution in [2.45, 2.75) is 24.8 Å². The van der Waals surface area contributed by atoms with E-state index in [1.165, 1.54) is 4.68 Å². The summed E-state index contributed by atoms with van der Waals surface area (Å²) >= 11 is 0. The Morgan fingerprint density at radius 3 is 2.53 bits per heavy atom.